The molecule has 0 amide bonds. The van der Waals surface area contributed by atoms with Gasteiger partial charge in [-0.15, -0.1) is 0 Å². The number of rotatable bonds is 6. The summed E-state index contributed by atoms with van der Waals surface area (Å²) in [5.74, 6) is -0.143. The number of aliphatic hydroxyl groups is 1. The van der Waals surface area contributed by atoms with Crippen molar-refractivity contribution in [2.24, 2.45) is 0 Å². The quantitative estimate of drug-likeness (QED) is 0.397. The first kappa shape index (κ1) is 12.4. The van der Waals surface area contributed by atoms with Crippen LogP contribution in [-0.4, -0.2) is 45.7 Å². The predicted octanol–water partition coefficient (Wildman–Crippen LogP) is -0.0818. The van der Waals surface area contributed by atoms with Gasteiger partial charge in [-0.1, -0.05) is 0 Å². The van der Waals surface area contributed by atoms with E-state index in [2.05, 4.69) is 0 Å². The van der Waals surface area contributed by atoms with E-state index in [9.17, 15) is 8.42 Å². The topological polar surface area (TPSA) is 74.6 Å². The third-order valence-corrected chi connectivity index (χ3v) is 5.33. The van der Waals surface area contributed by atoms with Gasteiger partial charge in [0.05, 0.1) is 0 Å². The second-order valence-corrected chi connectivity index (χ2v) is 7.22. The van der Waals surface area contributed by atoms with Crippen LogP contribution in [0.2, 0.25) is 10.4 Å². The second-order valence-electron chi connectivity index (χ2n) is 2.69. The molecular formula is C6H15AsO4S. The first-order chi connectivity index (χ1) is 5.42. The summed E-state index contributed by atoms with van der Waals surface area (Å²) in [4.78, 5) is 0. The fourth-order valence-corrected chi connectivity index (χ4v) is 3.94. The van der Waals surface area contributed by atoms with Gasteiger partial charge in [-0.3, -0.25) is 0 Å². The van der Waals surface area contributed by atoms with Gasteiger partial charge in [0, 0.05) is 0 Å². The van der Waals surface area contributed by atoms with Crippen LogP contribution in [0.3, 0.4) is 0 Å². The Morgan fingerprint density at radius 1 is 1.50 bits per heavy atom. The number of aliphatic hydroxyl groups excluding tert-OH is 1. The molecule has 0 bridgehead atoms. The zero-order chi connectivity index (χ0) is 9.61. The van der Waals surface area contributed by atoms with Crippen LogP contribution in [0, 0.1) is 0 Å². The van der Waals surface area contributed by atoms with Gasteiger partial charge in [0.1, 0.15) is 0 Å². The molecule has 2 N–H and O–H groups in total. The van der Waals surface area contributed by atoms with Gasteiger partial charge in [-0.25, -0.2) is 0 Å². The normalized spacial score (nSPS) is 15.6. The molecule has 2 atom stereocenters. The van der Waals surface area contributed by atoms with Crippen LogP contribution >= 0.6 is 0 Å². The van der Waals surface area contributed by atoms with E-state index in [1.165, 1.54) is 0 Å². The molecule has 4 nitrogen and oxygen atoms in total. The van der Waals surface area contributed by atoms with Crippen LogP contribution in [0.15, 0.2) is 0 Å². The molecule has 0 spiro atoms. The molecular weight excluding hydrogens is 243 g/mol. The van der Waals surface area contributed by atoms with E-state index >= 15 is 0 Å². The fourth-order valence-electron chi connectivity index (χ4n) is 0.691. The van der Waals surface area contributed by atoms with Crippen LogP contribution in [0.4, 0.5) is 0 Å². The van der Waals surface area contributed by atoms with Crippen molar-refractivity contribution in [3.05, 3.63) is 0 Å². The van der Waals surface area contributed by atoms with Crippen LogP contribution in [0.5, 0.6) is 0 Å². The minimum absolute atomic E-state index is 0.143. The first-order valence-corrected chi connectivity index (χ1v) is 8.33. The van der Waals surface area contributed by atoms with Gasteiger partial charge in [0.2, 0.25) is 0 Å². The predicted molar refractivity (Wildman–Crippen MR) is 49.5 cm³/mol. The monoisotopic (exact) mass is 258 g/mol. The molecule has 0 aromatic rings. The Kier molecular flexibility index (Phi) is 6.18. The summed E-state index contributed by atoms with van der Waals surface area (Å²) in [6, 6.07) is 0. The van der Waals surface area contributed by atoms with Crippen molar-refractivity contribution in [2.45, 2.75) is 29.9 Å². The molecule has 0 aliphatic carbocycles. The molecule has 0 aliphatic heterocycles. The van der Waals surface area contributed by atoms with E-state index in [-0.39, 0.29) is 27.6 Å². The maximum absolute atomic E-state index is 10.2. The molecule has 0 aliphatic rings. The van der Waals surface area contributed by atoms with Gasteiger partial charge in [-0.2, -0.15) is 0 Å². The van der Waals surface area contributed by atoms with Gasteiger partial charge in [0.15, 0.2) is 0 Å². The van der Waals surface area contributed by atoms with Crippen LogP contribution < -0.4 is 0 Å². The Bertz CT molecular complexity index is 200. The van der Waals surface area contributed by atoms with E-state index in [1.807, 2.05) is 0 Å². The third kappa shape index (κ3) is 10.4. The van der Waals surface area contributed by atoms with Crippen molar-refractivity contribution in [2.75, 3.05) is 5.75 Å². The second kappa shape index (κ2) is 5.97. The average Bonchev–Trinajstić information content (AvgIpc) is 1.83. The van der Waals surface area contributed by atoms with Crippen molar-refractivity contribution in [3.63, 3.8) is 0 Å². The van der Waals surface area contributed by atoms with E-state index in [1.54, 1.807) is 6.92 Å². The summed E-state index contributed by atoms with van der Waals surface area (Å²) in [5, 5.41) is 10.5. The van der Waals surface area contributed by atoms with Gasteiger partial charge < -0.3 is 0 Å². The molecule has 0 heterocycles. The third-order valence-electron chi connectivity index (χ3n) is 1.20. The molecule has 0 aromatic heterocycles. The molecule has 0 fully saturated rings. The zero-order valence-corrected chi connectivity index (χ0v) is 9.94. The van der Waals surface area contributed by atoms with Gasteiger partial charge in [0.25, 0.3) is 0 Å². The summed E-state index contributed by atoms with van der Waals surface area (Å²) in [7, 11) is -3.77. The average molecular weight is 258 g/mol. The Hall–Kier alpha value is 0.428. The summed E-state index contributed by atoms with van der Waals surface area (Å²) in [6.45, 7) is 1.73. The molecule has 74 valence electrons. The molecule has 0 radical (unpaired) electrons. The number of hydrogen-bond donors (Lipinski definition) is 2. The molecule has 0 saturated carbocycles. The summed E-state index contributed by atoms with van der Waals surface area (Å²) in [6.07, 6.45) is 0.252. The van der Waals surface area contributed by atoms with Crippen molar-refractivity contribution >= 4 is 25.9 Å². The van der Waals surface area contributed by atoms with E-state index in [0.29, 0.717) is 6.42 Å². The van der Waals surface area contributed by atoms with Crippen molar-refractivity contribution in [1.82, 2.24) is 0 Å². The van der Waals surface area contributed by atoms with Gasteiger partial charge >= 0.3 is 79.6 Å². The van der Waals surface area contributed by atoms with E-state index < -0.39 is 10.1 Å². The molecule has 0 aromatic carbocycles. The first-order valence-electron chi connectivity index (χ1n) is 3.76. The Balaban J connectivity index is 3.23. The Labute approximate surface area is 79.8 Å². The van der Waals surface area contributed by atoms with Crippen LogP contribution in [-0.2, 0) is 10.1 Å². The summed E-state index contributed by atoms with van der Waals surface area (Å²) in [5.41, 5.74) is 0. The van der Waals surface area contributed by atoms with Crippen LogP contribution in [0.1, 0.15) is 13.3 Å². The fraction of sp³-hybridized carbons (Fsp3) is 1.00. The molecule has 1 unspecified atom stereocenters. The minimum atomic E-state index is -3.77. The van der Waals surface area contributed by atoms with E-state index in [0.717, 1.165) is 10.4 Å². The van der Waals surface area contributed by atoms with Crippen molar-refractivity contribution in [3.8, 4) is 0 Å². The SMILES string of the molecule is C[C@@H](O)C[AsH]CCCS(=O)(=O)O. The van der Waals surface area contributed by atoms with Crippen molar-refractivity contribution in [1.29, 1.82) is 0 Å². The molecule has 12 heavy (non-hydrogen) atoms. The summed E-state index contributed by atoms with van der Waals surface area (Å²) >= 11 is -0.218. The standard InChI is InChI=1S/C6H15AsO4S/c1-6(8)5-7-3-2-4-12(9,10)11/h6-8H,2-5H2,1H3,(H,9,10,11)/t6-/m1/s1. The molecule has 0 rings (SSSR count). The Morgan fingerprint density at radius 2 is 2.08 bits per heavy atom. The van der Waals surface area contributed by atoms with Crippen molar-refractivity contribution < 1.29 is 18.1 Å². The Morgan fingerprint density at radius 3 is 2.50 bits per heavy atom. The van der Waals surface area contributed by atoms with E-state index in [4.69, 9.17) is 9.66 Å². The summed E-state index contributed by atoms with van der Waals surface area (Å²) < 4.78 is 28.9. The maximum atomic E-state index is 10.2. The van der Waals surface area contributed by atoms with Gasteiger partial charge in [-0.05, 0) is 0 Å². The number of hydrogen-bond acceptors (Lipinski definition) is 3. The zero-order valence-electron chi connectivity index (χ0n) is 7.02. The van der Waals surface area contributed by atoms with Crippen LogP contribution in [0.25, 0.3) is 0 Å². The molecule has 0 saturated heterocycles. The molecule has 6 heteroatoms.